The maximum atomic E-state index is 12.9. The molecule has 6 heteroatoms. The lowest BCUT2D eigenvalue weighted by molar-refractivity contribution is -0.0232. The molecule has 0 bridgehead atoms. The zero-order chi connectivity index (χ0) is 16.5. The normalized spacial score (nSPS) is 20.7. The predicted molar refractivity (Wildman–Crippen MR) is 86.7 cm³/mol. The molecule has 0 saturated carbocycles. The van der Waals surface area contributed by atoms with Crippen molar-refractivity contribution in [3.63, 3.8) is 0 Å². The molecule has 1 unspecified atom stereocenters. The predicted octanol–water partition coefficient (Wildman–Crippen LogP) is 2.47. The maximum Gasteiger partial charge on any atom is 0.276 e. The van der Waals surface area contributed by atoms with Crippen LogP contribution in [0, 0.1) is 6.92 Å². The zero-order valence-corrected chi connectivity index (χ0v) is 13.8. The highest BCUT2D eigenvalue weighted by atomic mass is 16.5. The number of hydrogen-bond acceptors (Lipinski definition) is 5. The van der Waals surface area contributed by atoms with Gasteiger partial charge in [-0.05, 0) is 43.9 Å². The zero-order valence-electron chi connectivity index (χ0n) is 13.8. The molecule has 0 radical (unpaired) electrons. The molecule has 0 spiro atoms. The van der Waals surface area contributed by atoms with Gasteiger partial charge in [0, 0.05) is 30.4 Å². The van der Waals surface area contributed by atoms with E-state index in [9.17, 15) is 4.79 Å². The van der Waals surface area contributed by atoms with Crippen LogP contribution in [0.15, 0.2) is 22.9 Å². The second-order valence-corrected chi connectivity index (χ2v) is 6.48. The summed E-state index contributed by atoms with van der Waals surface area (Å²) in [5.41, 5.74) is 3.51. The number of ether oxygens (including phenoxy) is 1. The first-order chi connectivity index (χ1) is 11.7. The summed E-state index contributed by atoms with van der Waals surface area (Å²) in [6.07, 6.45) is 5.64. The number of morpholine rings is 1. The molecule has 1 atom stereocenters. The lowest BCUT2D eigenvalue weighted by Gasteiger charge is -2.33. The van der Waals surface area contributed by atoms with Crippen molar-refractivity contribution < 1.29 is 14.1 Å². The molecule has 1 saturated heterocycles. The van der Waals surface area contributed by atoms with Gasteiger partial charge in [0.1, 0.15) is 11.9 Å². The molecule has 1 aliphatic heterocycles. The third kappa shape index (κ3) is 2.82. The van der Waals surface area contributed by atoms with Gasteiger partial charge < -0.3 is 14.2 Å². The highest BCUT2D eigenvalue weighted by Gasteiger charge is 2.31. The van der Waals surface area contributed by atoms with Gasteiger partial charge in [-0.25, -0.2) is 0 Å². The fraction of sp³-hybridized carbons (Fsp3) is 0.500. The molecule has 2 aliphatic rings. The van der Waals surface area contributed by atoms with E-state index in [4.69, 9.17) is 9.26 Å². The van der Waals surface area contributed by atoms with Crippen molar-refractivity contribution >= 4 is 5.91 Å². The van der Waals surface area contributed by atoms with Crippen LogP contribution in [0.3, 0.4) is 0 Å². The summed E-state index contributed by atoms with van der Waals surface area (Å²) in [7, 11) is 0. The fourth-order valence-electron chi connectivity index (χ4n) is 3.51. The van der Waals surface area contributed by atoms with Crippen LogP contribution in [0.25, 0.3) is 0 Å². The number of carbonyl (C=O) groups is 1. The quantitative estimate of drug-likeness (QED) is 0.847. The van der Waals surface area contributed by atoms with Gasteiger partial charge in [0.2, 0.25) is 0 Å². The Balaban J connectivity index is 1.54. The Kier molecular flexibility index (Phi) is 4.06. The number of carbonyl (C=O) groups excluding carboxylic acids is 1. The van der Waals surface area contributed by atoms with Crippen molar-refractivity contribution in [3.05, 3.63) is 46.6 Å². The number of hydrogen-bond donors (Lipinski definition) is 0. The van der Waals surface area contributed by atoms with Crippen LogP contribution in [0.1, 0.15) is 52.0 Å². The topological polar surface area (TPSA) is 68.5 Å². The van der Waals surface area contributed by atoms with Gasteiger partial charge in [0.15, 0.2) is 5.69 Å². The van der Waals surface area contributed by atoms with E-state index in [1.54, 1.807) is 6.20 Å². The molecule has 1 aliphatic carbocycles. The van der Waals surface area contributed by atoms with Crippen LogP contribution < -0.4 is 0 Å². The lowest BCUT2D eigenvalue weighted by Crippen LogP contribution is -2.42. The van der Waals surface area contributed by atoms with Crippen molar-refractivity contribution in [1.82, 2.24) is 15.0 Å². The second kappa shape index (κ2) is 6.36. The Labute approximate surface area is 140 Å². The number of amides is 1. The molecule has 0 N–H and O–H groups in total. The average molecular weight is 327 g/mol. The summed E-state index contributed by atoms with van der Waals surface area (Å²) in [6.45, 7) is 3.60. The Hall–Kier alpha value is -2.21. The molecule has 2 aromatic heterocycles. The van der Waals surface area contributed by atoms with Gasteiger partial charge in [0.05, 0.1) is 13.2 Å². The summed E-state index contributed by atoms with van der Waals surface area (Å²) in [5, 5.41) is 4.07. The van der Waals surface area contributed by atoms with Crippen LogP contribution >= 0.6 is 0 Å². The minimum absolute atomic E-state index is 0.0408. The van der Waals surface area contributed by atoms with E-state index in [0.717, 1.165) is 48.3 Å². The van der Waals surface area contributed by atoms with Crippen molar-refractivity contribution in [2.75, 3.05) is 19.7 Å². The lowest BCUT2D eigenvalue weighted by atomic mass is 9.96. The Bertz CT molecular complexity index is 756. The molecule has 3 heterocycles. The minimum atomic E-state index is -0.118. The van der Waals surface area contributed by atoms with E-state index >= 15 is 0 Å². The van der Waals surface area contributed by atoms with E-state index in [1.165, 1.54) is 0 Å². The largest absolute Gasteiger partial charge is 0.370 e. The Morgan fingerprint density at radius 1 is 1.33 bits per heavy atom. The van der Waals surface area contributed by atoms with E-state index < -0.39 is 0 Å². The monoisotopic (exact) mass is 327 g/mol. The molecule has 1 fully saturated rings. The summed E-state index contributed by atoms with van der Waals surface area (Å²) >= 11 is 0. The van der Waals surface area contributed by atoms with Gasteiger partial charge in [-0.3, -0.25) is 9.78 Å². The van der Waals surface area contributed by atoms with Crippen LogP contribution in [0.4, 0.5) is 0 Å². The number of fused-ring (bicyclic) bond motifs is 1. The van der Waals surface area contributed by atoms with E-state index in [-0.39, 0.29) is 12.0 Å². The number of aryl methyl sites for hydroxylation is 2. The highest BCUT2D eigenvalue weighted by molar-refractivity contribution is 5.94. The minimum Gasteiger partial charge on any atom is -0.370 e. The summed E-state index contributed by atoms with van der Waals surface area (Å²) < 4.78 is 11.3. The Morgan fingerprint density at radius 2 is 2.21 bits per heavy atom. The average Bonchev–Trinajstić information content (AvgIpc) is 3.05. The molecular formula is C18H21N3O3. The van der Waals surface area contributed by atoms with Gasteiger partial charge in [-0.15, -0.1) is 0 Å². The van der Waals surface area contributed by atoms with Gasteiger partial charge in [0.25, 0.3) is 5.91 Å². The summed E-state index contributed by atoms with van der Waals surface area (Å²) in [5.74, 6) is 0.847. The standard InChI is InChI=1S/C18H21N3O3/c1-12-10-13(6-7-19-12)16-11-21(8-9-23-16)18(22)17-14-4-2-3-5-15(14)24-20-17/h6-7,10,16H,2-5,8-9,11H2,1H3. The maximum absolute atomic E-state index is 12.9. The molecule has 24 heavy (non-hydrogen) atoms. The number of pyridine rings is 1. The number of rotatable bonds is 2. The molecule has 0 aromatic carbocycles. The Morgan fingerprint density at radius 3 is 3.08 bits per heavy atom. The molecule has 2 aromatic rings. The second-order valence-electron chi connectivity index (χ2n) is 6.48. The summed E-state index contributed by atoms with van der Waals surface area (Å²) in [6, 6.07) is 3.96. The highest BCUT2D eigenvalue weighted by Crippen LogP contribution is 2.27. The first-order valence-electron chi connectivity index (χ1n) is 8.53. The first kappa shape index (κ1) is 15.3. The van der Waals surface area contributed by atoms with Crippen molar-refractivity contribution in [2.45, 2.75) is 38.7 Å². The number of aromatic nitrogens is 2. The first-order valence-corrected chi connectivity index (χ1v) is 8.53. The molecule has 4 rings (SSSR count). The van der Waals surface area contributed by atoms with Crippen LogP contribution in [-0.2, 0) is 17.6 Å². The van der Waals surface area contributed by atoms with Gasteiger partial charge >= 0.3 is 0 Å². The molecule has 6 nitrogen and oxygen atoms in total. The van der Waals surface area contributed by atoms with Crippen molar-refractivity contribution in [1.29, 1.82) is 0 Å². The van der Waals surface area contributed by atoms with Gasteiger partial charge in [-0.2, -0.15) is 0 Å². The van der Waals surface area contributed by atoms with Crippen LogP contribution in [-0.4, -0.2) is 40.6 Å². The van der Waals surface area contributed by atoms with Gasteiger partial charge in [-0.1, -0.05) is 5.16 Å². The summed E-state index contributed by atoms with van der Waals surface area (Å²) in [4.78, 5) is 19.0. The fourth-order valence-corrected chi connectivity index (χ4v) is 3.51. The van der Waals surface area contributed by atoms with E-state index in [0.29, 0.717) is 25.4 Å². The molecule has 1 amide bonds. The molecule has 126 valence electrons. The molecular weight excluding hydrogens is 306 g/mol. The number of nitrogens with zero attached hydrogens (tertiary/aromatic N) is 3. The third-order valence-corrected chi connectivity index (χ3v) is 4.80. The van der Waals surface area contributed by atoms with E-state index in [2.05, 4.69) is 10.1 Å². The van der Waals surface area contributed by atoms with Crippen molar-refractivity contribution in [3.8, 4) is 0 Å². The third-order valence-electron chi connectivity index (χ3n) is 4.80. The SMILES string of the molecule is Cc1cc(C2CN(C(=O)c3noc4c3CCCC4)CCO2)ccn1. The smallest absolute Gasteiger partial charge is 0.276 e. The van der Waals surface area contributed by atoms with Crippen LogP contribution in [0.2, 0.25) is 0 Å². The van der Waals surface area contributed by atoms with E-state index in [1.807, 2.05) is 24.0 Å². The van der Waals surface area contributed by atoms with Crippen molar-refractivity contribution in [2.24, 2.45) is 0 Å². The van der Waals surface area contributed by atoms with Crippen LogP contribution in [0.5, 0.6) is 0 Å².